The molecule has 2 atom stereocenters. The Balaban J connectivity index is 1.90. The van der Waals surface area contributed by atoms with Crippen LogP contribution < -0.4 is 16.4 Å². The first-order valence-electron chi connectivity index (χ1n) is 8.29. The van der Waals surface area contributed by atoms with Gasteiger partial charge in [-0.2, -0.15) is 0 Å². The Morgan fingerprint density at radius 3 is 2.73 bits per heavy atom. The first kappa shape index (κ1) is 17.6. The number of nitrogens with zero attached hydrogens (tertiary/aromatic N) is 2. The molecule has 0 fully saturated rings. The highest BCUT2D eigenvalue weighted by Gasteiger charge is 2.52. The summed E-state index contributed by atoms with van der Waals surface area (Å²) >= 11 is 0. The predicted octanol–water partition coefficient (Wildman–Crippen LogP) is 0.696. The van der Waals surface area contributed by atoms with Crippen LogP contribution in [0.4, 0.5) is 0 Å². The molecule has 0 aliphatic carbocycles. The first-order valence-corrected chi connectivity index (χ1v) is 8.29. The number of carbonyl (C=O) groups excluding carboxylic acids is 2. The number of primary amides is 1. The van der Waals surface area contributed by atoms with Crippen LogP contribution in [0.1, 0.15) is 22.4 Å². The number of aromatic nitrogens is 1. The minimum Gasteiger partial charge on any atom is -0.367 e. The summed E-state index contributed by atoms with van der Waals surface area (Å²) in [6, 6.07) is 10.1. The highest BCUT2D eigenvalue weighted by molar-refractivity contribution is 6.00. The Morgan fingerprint density at radius 1 is 1.27 bits per heavy atom. The molecule has 0 radical (unpaired) electrons. The summed E-state index contributed by atoms with van der Waals surface area (Å²) in [5.74, 6) is -1.05. The zero-order chi connectivity index (χ0) is 18.7. The topological polar surface area (TPSA) is 109 Å². The maximum atomic E-state index is 12.8. The second kappa shape index (κ2) is 6.95. The third kappa shape index (κ3) is 3.03. The average molecular weight is 351 g/mol. The Labute approximate surface area is 151 Å². The van der Waals surface area contributed by atoms with Gasteiger partial charge in [0.15, 0.2) is 11.6 Å². The molecular formula is C19H21N5O2. The number of nitrogens with two attached hydrogens (primary N) is 1. The SMILES string of the molecule is Cc1ccc(C2(C(N)=O)NC=NC2C(=O)NCc2ccccn2)c(C)c1. The zero-order valence-corrected chi connectivity index (χ0v) is 14.7. The van der Waals surface area contributed by atoms with Crippen LogP contribution in [0.25, 0.3) is 0 Å². The summed E-state index contributed by atoms with van der Waals surface area (Å²) in [5.41, 5.74) is 7.60. The van der Waals surface area contributed by atoms with Crippen LogP contribution in [0, 0.1) is 13.8 Å². The van der Waals surface area contributed by atoms with E-state index < -0.39 is 23.4 Å². The van der Waals surface area contributed by atoms with Crippen molar-refractivity contribution in [2.45, 2.75) is 32.0 Å². The van der Waals surface area contributed by atoms with Crippen LogP contribution in [-0.2, 0) is 21.7 Å². The van der Waals surface area contributed by atoms with Gasteiger partial charge in [-0.3, -0.25) is 19.6 Å². The molecule has 3 rings (SSSR count). The van der Waals surface area contributed by atoms with E-state index in [2.05, 4.69) is 20.6 Å². The molecule has 26 heavy (non-hydrogen) atoms. The van der Waals surface area contributed by atoms with E-state index in [1.54, 1.807) is 12.3 Å². The number of pyridine rings is 1. The maximum Gasteiger partial charge on any atom is 0.250 e. The lowest BCUT2D eigenvalue weighted by atomic mass is 9.80. The molecular weight excluding hydrogens is 330 g/mol. The quantitative estimate of drug-likeness (QED) is 0.736. The van der Waals surface area contributed by atoms with Crippen molar-refractivity contribution in [2.24, 2.45) is 10.7 Å². The number of amides is 2. The second-order valence-electron chi connectivity index (χ2n) is 6.35. The van der Waals surface area contributed by atoms with E-state index in [1.165, 1.54) is 6.34 Å². The van der Waals surface area contributed by atoms with Gasteiger partial charge < -0.3 is 16.4 Å². The molecule has 4 N–H and O–H groups in total. The number of carbonyl (C=O) groups is 2. The minimum atomic E-state index is -1.41. The molecule has 7 nitrogen and oxygen atoms in total. The Hall–Kier alpha value is -3.22. The first-order chi connectivity index (χ1) is 12.4. The van der Waals surface area contributed by atoms with Gasteiger partial charge in [-0.25, -0.2) is 0 Å². The molecule has 134 valence electrons. The molecule has 0 saturated carbocycles. The molecule has 2 heterocycles. The van der Waals surface area contributed by atoms with Crippen molar-refractivity contribution in [3.05, 3.63) is 65.0 Å². The lowest BCUT2D eigenvalue weighted by Gasteiger charge is -2.32. The molecule has 0 saturated heterocycles. The Kier molecular flexibility index (Phi) is 4.71. The van der Waals surface area contributed by atoms with Gasteiger partial charge in [-0.05, 0) is 37.1 Å². The fourth-order valence-corrected chi connectivity index (χ4v) is 3.27. The van der Waals surface area contributed by atoms with E-state index in [-0.39, 0.29) is 6.54 Å². The Bertz CT molecular complexity index is 865. The van der Waals surface area contributed by atoms with Crippen LogP contribution in [0.3, 0.4) is 0 Å². The normalized spacial score (nSPS) is 21.2. The lowest BCUT2D eigenvalue weighted by Crippen LogP contribution is -2.60. The summed E-state index contributed by atoms with van der Waals surface area (Å²) in [6.45, 7) is 4.09. The number of hydrogen-bond donors (Lipinski definition) is 3. The number of aryl methyl sites for hydroxylation is 2. The predicted molar refractivity (Wildman–Crippen MR) is 98.3 cm³/mol. The molecule has 7 heteroatoms. The monoisotopic (exact) mass is 351 g/mol. The van der Waals surface area contributed by atoms with E-state index in [0.29, 0.717) is 11.3 Å². The van der Waals surface area contributed by atoms with Crippen LogP contribution in [0.2, 0.25) is 0 Å². The van der Waals surface area contributed by atoms with Crippen LogP contribution in [0.15, 0.2) is 47.6 Å². The highest BCUT2D eigenvalue weighted by Crippen LogP contribution is 2.32. The number of benzene rings is 1. The van der Waals surface area contributed by atoms with Crippen molar-refractivity contribution in [3.8, 4) is 0 Å². The van der Waals surface area contributed by atoms with E-state index in [9.17, 15) is 9.59 Å². The number of aliphatic imine (C=N–C) groups is 1. The standard InChI is InChI=1S/C19H21N5O2/c1-12-6-7-15(13(2)9-12)19(18(20)26)16(23-11-24-19)17(25)22-10-14-5-3-4-8-21-14/h3-9,11,16H,10H2,1-2H3,(H2,20,26)(H,22,25)(H,23,24). The van der Waals surface area contributed by atoms with Gasteiger partial charge >= 0.3 is 0 Å². The maximum absolute atomic E-state index is 12.8. The van der Waals surface area contributed by atoms with E-state index in [1.807, 2.05) is 44.2 Å². The summed E-state index contributed by atoms with van der Waals surface area (Å²) < 4.78 is 0. The smallest absolute Gasteiger partial charge is 0.250 e. The van der Waals surface area contributed by atoms with Crippen molar-refractivity contribution in [2.75, 3.05) is 0 Å². The lowest BCUT2D eigenvalue weighted by molar-refractivity contribution is -0.131. The van der Waals surface area contributed by atoms with Gasteiger partial charge in [0.05, 0.1) is 18.6 Å². The van der Waals surface area contributed by atoms with E-state index in [4.69, 9.17) is 5.73 Å². The number of hydrogen-bond acceptors (Lipinski definition) is 5. The van der Waals surface area contributed by atoms with Gasteiger partial charge in [0, 0.05) is 6.20 Å². The van der Waals surface area contributed by atoms with Crippen LogP contribution >= 0.6 is 0 Å². The fraction of sp³-hybridized carbons (Fsp3) is 0.263. The molecule has 0 spiro atoms. The van der Waals surface area contributed by atoms with Crippen molar-refractivity contribution >= 4 is 18.2 Å². The van der Waals surface area contributed by atoms with Crippen molar-refractivity contribution in [1.82, 2.24) is 15.6 Å². The number of rotatable bonds is 5. The third-order valence-electron chi connectivity index (χ3n) is 4.54. The second-order valence-corrected chi connectivity index (χ2v) is 6.35. The molecule has 1 aliphatic heterocycles. The summed E-state index contributed by atoms with van der Waals surface area (Å²) in [7, 11) is 0. The van der Waals surface area contributed by atoms with E-state index in [0.717, 1.165) is 11.1 Å². The average Bonchev–Trinajstić information content (AvgIpc) is 3.06. The van der Waals surface area contributed by atoms with Gasteiger partial charge in [-0.1, -0.05) is 29.8 Å². The van der Waals surface area contributed by atoms with Crippen molar-refractivity contribution in [1.29, 1.82) is 0 Å². The summed E-state index contributed by atoms with van der Waals surface area (Å²) in [5, 5.41) is 5.72. The fourth-order valence-electron chi connectivity index (χ4n) is 3.27. The molecule has 2 amide bonds. The number of nitrogens with one attached hydrogen (secondary N) is 2. The zero-order valence-electron chi connectivity index (χ0n) is 14.7. The van der Waals surface area contributed by atoms with Crippen molar-refractivity contribution < 1.29 is 9.59 Å². The van der Waals surface area contributed by atoms with Gasteiger partial charge in [0.25, 0.3) is 5.91 Å². The molecule has 1 aromatic heterocycles. The highest BCUT2D eigenvalue weighted by atomic mass is 16.2. The van der Waals surface area contributed by atoms with Gasteiger partial charge in [0.2, 0.25) is 5.91 Å². The largest absolute Gasteiger partial charge is 0.367 e. The molecule has 1 aromatic carbocycles. The van der Waals surface area contributed by atoms with Crippen LogP contribution in [-0.4, -0.2) is 29.2 Å². The molecule has 2 aromatic rings. The summed E-state index contributed by atoms with van der Waals surface area (Å²) in [4.78, 5) is 33.6. The third-order valence-corrected chi connectivity index (χ3v) is 4.54. The van der Waals surface area contributed by atoms with E-state index >= 15 is 0 Å². The minimum absolute atomic E-state index is 0.243. The molecule has 1 aliphatic rings. The van der Waals surface area contributed by atoms with Gasteiger partial charge in [-0.15, -0.1) is 0 Å². The molecule has 2 unspecified atom stereocenters. The van der Waals surface area contributed by atoms with Gasteiger partial charge in [0.1, 0.15) is 0 Å². The van der Waals surface area contributed by atoms with Crippen molar-refractivity contribution in [3.63, 3.8) is 0 Å². The molecule has 0 bridgehead atoms. The summed E-state index contributed by atoms with van der Waals surface area (Å²) in [6.07, 6.45) is 3.02. The Morgan fingerprint density at radius 2 is 2.08 bits per heavy atom. The van der Waals surface area contributed by atoms with Crippen LogP contribution in [0.5, 0.6) is 0 Å².